The van der Waals surface area contributed by atoms with Crippen molar-refractivity contribution in [3.05, 3.63) is 155 Å². The van der Waals surface area contributed by atoms with E-state index < -0.39 is 0 Å². The molecule has 228 valence electrons. The van der Waals surface area contributed by atoms with Crippen LogP contribution in [0.4, 0.5) is 5.69 Å². The van der Waals surface area contributed by atoms with Gasteiger partial charge in [-0.05, 0) is 120 Å². The average Bonchev–Trinajstić information content (AvgIpc) is 3.50. The topological polar surface area (TPSA) is 37.2 Å². The summed E-state index contributed by atoms with van der Waals surface area (Å²) >= 11 is 0. The third-order valence-corrected chi connectivity index (χ3v) is 9.63. The number of anilines is 1. The third-order valence-electron chi connectivity index (χ3n) is 9.63. The van der Waals surface area contributed by atoms with E-state index in [2.05, 4.69) is 138 Å². The fourth-order valence-corrected chi connectivity index (χ4v) is 7.04. The first-order valence-electron chi connectivity index (χ1n) is 16.8. The zero-order chi connectivity index (χ0) is 30.7. The zero-order valence-corrected chi connectivity index (χ0v) is 26.3. The van der Waals surface area contributed by atoms with Crippen molar-refractivity contribution in [1.29, 1.82) is 0 Å². The van der Waals surface area contributed by atoms with Gasteiger partial charge in [0.2, 0.25) is 0 Å². The van der Waals surface area contributed by atoms with E-state index in [-0.39, 0.29) is 0 Å². The minimum atomic E-state index is 0.531. The summed E-state index contributed by atoms with van der Waals surface area (Å²) in [5.41, 5.74) is 13.5. The van der Waals surface area contributed by atoms with Gasteiger partial charge in [0.15, 0.2) is 0 Å². The molecule has 46 heavy (non-hydrogen) atoms. The van der Waals surface area contributed by atoms with Gasteiger partial charge in [0.05, 0.1) is 0 Å². The van der Waals surface area contributed by atoms with Gasteiger partial charge in [0.1, 0.15) is 11.3 Å². The maximum absolute atomic E-state index is 6.12. The van der Waals surface area contributed by atoms with Crippen LogP contribution in [0.15, 0.2) is 137 Å². The molecule has 1 unspecified atom stereocenters. The summed E-state index contributed by atoms with van der Waals surface area (Å²) < 4.78 is 6.12. The predicted molar refractivity (Wildman–Crippen MR) is 194 cm³/mol. The Morgan fingerprint density at radius 1 is 0.739 bits per heavy atom. The molecule has 0 saturated carbocycles. The van der Waals surface area contributed by atoms with E-state index in [1.807, 2.05) is 0 Å². The number of hydrogen-bond acceptors (Lipinski definition) is 3. The second kappa shape index (κ2) is 12.8. The quantitative estimate of drug-likeness (QED) is 0.211. The molecule has 1 atom stereocenters. The van der Waals surface area contributed by atoms with Crippen molar-refractivity contribution < 1.29 is 4.42 Å². The number of rotatable bonds is 8. The molecule has 0 spiro atoms. The van der Waals surface area contributed by atoms with Crippen LogP contribution in [0, 0.1) is 5.92 Å². The number of furan rings is 1. The molecule has 4 aromatic rings. The summed E-state index contributed by atoms with van der Waals surface area (Å²) in [5.74, 6) is 1.64. The lowest BCUT2D eigenvalue weighted by molar-refractivity contribution is 0.546. The summed E-state index contributed by atoms with van der Waals surface area (Å²) in [6.45, 7) is 0.994. The predicted octanol–water partition coefficient (Wildman–Crippen LogP) is 11.0. The lowest BCUT2D eigenvalue weighted by Gasteiger charge is -2.21. The van der Waals surface area contributed by atoms with Gasteiger partial charge in [0.25, 0.3) is 0 Å². The van der Waals surface area contributed by atoms with Crippen LogP contribution in [-0.2, 0) is 6.42 Å². The highest BCUT2D eigenvalue weighted by atomic mass is 16.3. The van der Waals surface area contributed by atoms with E-state index in [9.17, 15) is 0 Å². The number of nitrogens with one attached hydrogen (secondary N) is 2. The number of benzene rings is 3. The van der Waals surface area contributed by atoms with Crippen LogP contribution in [-0.4, -0.2) is 6.54 Å². The van der Waals surface area contributed by atoms with Crippen molar-refractivity contribution in [3.63, 3.8) is 0 Å². The van der Waals surface area contributed by atoms with E-state index in [4.69, 9.17) is 4.42 Å². The van der Waals surface area contributed by atoms with Gasteiger partial charge in [-0.1, -0.05) is 85.0 Å². The van der Waals surface area contributed by atoms with Crippen LogP contribution in [0.5, 0.6) is 0 Å². The van der Waals surface area contributed by atoms with Crippen molar-refractivity contribution >= 4 is 33.9 Å². The molecule has 1 aromatic heterocycles. The SMILES string of the molecule is C1=CCCC(NCC2C=CC(c3cccc(C4=C(Nc5ccc(-c6ccc7oc8c(c7c6)C=CCC8)cc5)C=CCC4)c3)=CC2)=C1. The Balaban J connectivity index is 0.975. The lowest BCUT2D eigenvalue weighted by atomic mass is 9.89. The molecule has 0 radical (unpaired) electrons. The Bertz CT molecular complexity index is 1990. The molecular formula is C43H40N2O. The maximum Gasteiger partial charge on any atom is 0.134 e. The highest BCUT2D eigenvalue weighted by Crippen LogP contribution is 2.36. The molecule has 0 saturated heterocycles. The maximum atomic E-state index is 6.12. The molecule has 0 bridgehead atoms. The van der Waals surface area contributed by atoms with Gasteiger partial charge < -0.3 is 15.1 Å². The van der Waals surface area contributed by atoms with Gasteiger partial charge >= 0.3 is 0 Å². The molecule has 0 fully saturated rings. The molecule has 1 heterocycles. The van der Waals surface area contributed by atoms with Gasteiger partial charge in [-0.2, -0.15) is 0 Å². The van der Waals surface area contributed by atoms with Gasteiger partial charge in [-0.25, -0.2) is 0 Å². The summed E-state index contributed by atoms with van der Waals surface area (Å²) in [5, 5.41) is 8.60. The third kappa shape index (κ3) is 5.98. The Hall–Kier alpha value is -5.02. The standard InChI is InChI=1S/C43H40N2O/c1-2-11-36(12-3-1)44-29-30-17-19-31(20-18-30)33-9-8-10-35(27-33)38-13-4-6-15-41(38)45-37-24-21-32(22-25-37)34-23-26-43-40(28-34)39-14-5-7-16-42(39)46-43/h1-2,5-6,8-11,14-15,17,19-28,30,44-45H,3-4,7,12-13,16,18,29H2. The molecule has 2 N–H and O–H groups in total. The molecule has 4 aliphatic carbocycles. The number of fused-ring (bicyclic) bond motifs is 3. The molecule has 4 aliphatic rings. The van der Waals surface area contributed by atoms with E-state index >= 15 is 0 Å². The van der Waals surface area contributed by atoms with Crippen LogP contribution < -0.4 is 10.6 Å². The van der Waals surface area contributed by atoms with E-state index in [1.54, 1.807) is 0 Å². The smallest absolute Gasteiger partial charge is 0.134 e. The number of hydrogen-bond donors (Lipinski definition) is 2. The Morgan fingerprint density at radius 2 is 1.59 bits per heavy atom. The van der Waals surface area contributed by atoms with Crippen molar-refractivity contribution in [1.82, 2.24) is 5.32 Å². The van der Waals surface area contributed by atoms with Gasteiger partial charge in [0, 0.05) is 41.0 Å². The second-order valence-corrected chi connectivity index (χ2v) is 12.8. The van der Waals surface area contributed by atoms with E-state index in [0.717, 1.165) is 68.5 Å². The molecule has 3 heteroatoms. The second-order valence-electron chi connectivity index (χ2n) is 12.8. The average molecular weight is 601 g/mol. The van der Waals surface area contributed by atoms with Gasteiger partial charge in [-0.15, -0.1) is 0 Å². The summed E-state index contributed by atoms with van der Waals surface area (Å²) in [6, 6.07) is 24.5. The first-order valence-corrected chi connectivity index (χ1v) is 16.8. The summed E-state index contributed by atoms with van der Waals surface area (Å²) in [6.07, 6.45) is 30.1. The highest BCUT2D eigenvalue weighted by molar-refractivity contribution is 5.92. The van der Waals surface area contributed by atoms with Crippen LogP contribution in [0.1, 0.15) is 61.0 Å². The minimum absolute atomic E-state index is 0.531. The van der Waals surface area contributed by atoms with Crippen molar-refractivity contribution in [2.45, 2.75) is 44.9 Å². The van der Waals surface area contributed by atoms with Crippen molar-refractivity contribution in [2.24, 2.45) is 5.92 Å². The normalized spacial score (nSPS) is 18.8. The molecule has 0 aliphatic heterocycles. The molecule has 0 amide bonds. The Labute approximate surface area is 272 Å². The summed E-state index contributed by atoms with van der Waals surface area (Å²) in [7, 11) is 0. The molecule has 3 aromatic carbocycles. The van der Waals surface area contributed by atoms with Crippen molar-refractivity contribution in [3.8, 4) is 11.1 Å². The molecule has 8 rings (SSSR count). The van der Waals surface area contributed by atoms with E-state index in [1.165, 1.54) is 55.7 Å². The fourth-order valence-electron chi connectivity index (χ4n) is 7.04. The fraction of sp³-hybridized carbons (Fsp3) is 0.209. The highest BCUT2D eigenvalue weighted by Gasteiger charge is 2.17. The monoisotopic (exact) mass is 600 g/mol. The lowest BCUT2D eigenvalue weighted by Crippen LogP contribution is -2.22. The van der Waals surface area contributed by atoms with Crippen LogP contribution in [0.2, 0.25) is 0 Å². The van der Waals surface area contributed by atoms with E-state index in [0.29, 0.717) is 5.92 Å². The van der Waals surface area contributed by atoms with Crippen LogP contribution in [0.25, 0.3) is 39.3 Å². The number of aryl methyl sites for hydroxylation is 1. The molecule has 3 nitrogen and oxygen atoms in total. The Morgan fingerprint density at radius 3 is 2.46 bits per heavy atom. The molecular weight excluding hydrogens is 560 g/mol. The zero-order valence-electron chi connectivity index (χ0n) is 26.3. The number of allylic oxidation sites excluding steroid dienone is 11. The first kappa shape index (κ1) is 28.5. The summed E-state index contributed by atoms with van der Waals surface area (Å²) in [4.78, 5) is 0. The first-order chi connectivity index (χ1) is 22.8. The largest absolute Gasteiger partial charge is 0.460 e. The van der Waals surface area contributed by atoms with Crippen molar-refractivity contribution in [2.75, 3.05) is 11.9 Å². The minimum Gasteiger partial charge on any atom is -0.460 e. The Kier molecular flexibility index (Phi) is 7.90. The van der Waals surface area contributed by atoms with Crippen LogP contribution in [0.3, 0.4) is 0 Å². The van der Waals surface area contributed by atoms with Gasteiger partial charge in [-0.3, -0.25) is 0 Å². The van der Waals surface area contributed by atoms with Crippen LogP contribution >= 0.6 is 0 Å².